The number of rotatable bonds is 7. The van der Waals surface area contributed by atoms with Crippen LogP contribution in [0, 0.1) is 0 Å². The summed E-state index contributed by atoms with van der Waals surface area (Å²) < 4.78 is 10.9. The van der Waals surface area contributed by atoms with Crippen LogP contribution in [0.15, 0.2) is 18.2 Å². The molecule has 0 saturated heterocycles. The molecule has 1 aromatic carbocycles. The molecular weight excluding hydrogens is 310 g/mol. The van der Waals surface area contributed by atoms with Gasteiger partial charge in [-0.25, -0.2) is 0 Å². The molecule has 1 amide bonds. The van der Waals surface area contributed by atoms with Crippen molar-refractivity contribution in [1.82, 2.24) is 4.90 Å². The zero-order valence-electron chi connectivity index (χ0n) is 11.6. The fourth-order valence-electron chi connectivity index (χ4n) is 1.61. The molecule has 0 fully saturated rings. The first-order valence-corrected chi connectivity index (χ1v) is 7.34. The summed E-state index contributed by atoms with van der Waals surface area (Å²) in [5, 5.41) is 0.332. The number of amides is 1. The first kappa shape index (κ1) is 15.8. The molecule has 5 heteroatoms. The van der Waals surface area contributed by atoms with Gasteiger partial charge < -0.3 is 14.4 Å². The van der Waals surface area contributed by atoms with Gasteiger partial charge in [-0.3, -0.25) is 4.79 Å². The summed E-state index contributed by atoms with van der Waals surface area (Å²) in [4.78, 5) is 13.2. The Kier molecular flexibility index (Phi) is 6.70. The molecule has 106 valence electrons. The third kappa shape index (κ3) is 4.74. The van der Waals surface area contributed by atoms with Crippen molar-refractivity contribution in [2.24, 2.45) is 0 Å². The van der Waals surface area contributed by atoms with Gasteiger partial charge in [-0.15, -0.1) is 0 Å². The van der Waals surface area contributed by atoms with Crippen molar-refractivity contribution in [1.29, 1.82) is 0 Å². The molecule has 4 nitrogen and oxygen atoms in total. The maximum atomic E-state index is 11.5. The standard InChI is InChI=1S/C14H20BrNO3/c1-4-7-19-13-8-11(5-6-12(13)18-3)10-16(2)14(17)9-15/h5-6,8H,4,7,9-10H2,1-3H3. The van der Waals surface area contributed by atoms with E-state index < -0.39 is 0 Å². The van der Waals surface area contributed by atoms with Crippen molar-refractivity contribution < 1.29 is 14.3 Å². The molecule has 0 aliphatic heterocycles. The second-order valence-corrected chi connectivity index (χ2v) is 4.78. The molecule has 19 heavy (non-hydrogen) atoms. The highest BCUT2D eigenvalue weighted by molar-refractivity contribution is 9.09. The first-order valence-electron chi connectivity index (χ1n) is 6.22. The van der Waals surface area contributed by atoms with E-state index in [0.29, 0.717) is 24.2 Å². The molecule has 0 heterocycles. The second kappa shape index (κ2) is 8.04. The Hall–Kier alpha value is -1.23. The fraction of sp³-hybridized carbons (Fsp3) is 0.500. The van der Waals surface area contributed by atoms with Crippen molar-refractivity contribution in [3.63, 3.8) is 0 Å². The van der Waals surface area contributed by atoms with Gasteiger partial charge in [0, 0.05) is 13.6 Å². The van der Waals surface area contributed by atoms with Crippen molar-refractivity contribution in [3.05, 3.63) is 23.8 Å². The summed E-state index contributed by atoms with van der Waals surface area (Å²) in [5.74, 6) is 1.49. The highest BCUT2D eigenvalue weighted by atomic mass is 79.9. The molecule has 0 saturated carbocycles. The van der Waals surface area contributed by atoms with E-state index in [1.807, 2.05) is 18.2 Å². The van der Waals surface area contributed by atoms with Gasteiger partial charge in [0.25, 0.3) is 0 Å². The van der Waals surface area contributed by atoms with Crippen LogP contribution in [0.4, 0.5) is 0 Å². The first-order chi connectivity index (χ1) is 9.12. The number of nitrogens with zero attached hydrogens (tertiary/aromatic N) is 1. The number of benzene rings is 1. The van der Waals surface area contributed by atoms with Crippen molar-refractivity contribution in [2.75, 3.05) is 26.1 Å². The van der Waals surface area contributed by atoms with Gasteiger partial charge in [0.05, 0.1) is 19.0 Å². The van der Waals surface area contributed by atoms with Gasteiger partial charge in [0.15, 0.2) is 11.5 Å². The minimum absolute atomic E-state index is 0.0480. The van der Waals surface area contributed by atoms with Gasteiger partial charge in [0.1, 0.15) is 0 Å². The van der Waals surface area contributed by atoms with E-state index in [2.05, 4.69) is 22.9 Å². The molecule has 0 aliphatic carbocycles. The average Bonchev–Trinajstić information content (AvgIpc) is 2.44. The molecule has 0 aromatic heterocycles. The second-order valence-electron chi connectivity index (χ2n) is 4.22. The van der Waals surface area contributed by atoms with Crippen LogP contribution in [-0.2, 0) is 11.3 Å². The number of carbonyl (C=O) groups is 1. The molecule has 0 bridgehead atoms. The Morgan fingerprint density at radius 3 is 2.68 bits per heavy atom. The van der Waals surface area contributed by atoms with E-state index in [1.165, 1.54) is 0 Å². The zero-order chi connectivity index (χ0) is 14.3. The molecule has 0 spiro atoms. The molecule has 0 atom stereocenters. The average molecular weight is 330 g/mol. The largest absolute Gasteiger partial charge is 0.493 e. The third-order valence-electron chi connectivity index (χ3n) is 2.65. The van der Waals surface area contributed by atoms with Crippen LogP contribution in [-0.4, -0.2) is 36.9 Å². The lowest BCUT2D eigenvalue weighted by atomic mass is 10.2. The van der Waals surface area contributed by atoms with Gasteiger partial charge in [-0.2, -0.15) is 0 Å². The predicted octanol–water partition coefficient (Wildman–Crippen LogP) is 2.84. The molecule has 0 N–H and O–H groups in total. The normalized spacial score (nSPS) is 10.1. The SMILES string of the molecule is CCCOc1cc(CN(C)C(=O)CBr)ccc1OC. The highest BCUT2D eigenvalue weighted by Gasteiger charge is 2.10. The van der Waals surface area contributed by atoms with Gasteiger partial charge in [0.2, 0.25) is 5.91 Å². The fourth-order valence-corrected chi connectivity index (χ4v) is 2.04. The van der Waals surface area contributed by atoms with E-state index in [9.17, 15) is 4.79 Å². The van der Waals surface area contributed by atoms with E-state index in [1.54, 1.807) is 19.1 Å². The number of methoxy groups -OCH3 is 1. The smallest absolute Gasteiger partial charge is 0.233 e. The Bertz CT molecular complexity index is 423. The number of halogens is 1. The summed E-state index contributed by atoms with van der Waals surface area (Å²) in [6, 6.07) is 5.73. The Morgan fingerprint density at radius 2 is 2.11 bits per heavy atom. The van der Waals surface area contributed by atoms with Crippen LogP contribution in [0.1, 0.15) is 18.9 Å². The van der Waals surface area contributed by atoms with E-state index >= 15 is 0 Å². The third-order valence-corrected chi connectivity index (χ3v) is 3.13. The molecule has 0 unspecified atom stereocenters. The molecule has 1 aromatic rings. The topological polar surface area (TPSA) is 38.8 Å². The Labute approximate surface area is 122 Å². The summed E-state index contributed by atoms with van der Waals surface area (Å²) in [6.07, 6.45) is 0.940. The van der Waals surface area contributed by atoms with E-state index in [4.69, 9.17) is 9.47 Å². The highest BCUT2D eigenvalue weighted by Crippen LogP contribution is 2.28. The number of ether oxygens (including phenoxy) is 2. The van der Waals surface area contributed by atoms with Crippen molar-refractivity contribution in [3.8, 4) is 11.5 Å². The summed E-state index contributed by atoms with van der Waals surface area (Å²) in [5.41, 5.74) is 1.02. The van der Waals surface area contributed by atoms with Crippen LogP contribution in [0.2, 0.25) is 0 Å². The Balaban J connectivity index is 2.82. The maximum Gasteiger partial charge on any atom is 0.233 e. The number of hydrogen-bond donors (Lipinski definition) is 0. The lowest BCUT2D eigenvalue weighted by Crippen LogP contribution is -2.26. The summed E-state index contributed by atoms with van der Waals surface area (Å²) in [6.45, 7) is 3.26. The van der Waals surface area contributed by atoms with Gasteiger partial charge in [-0.1, -0.05) is 28.9 Å². The number of carbonyl (C=O) groups excluding carboxylic acids is 1. The number of hydrogen-bond acceptors (Lipinski definition) is 3. The van der Waals surface area contributed by atoms with Crippen LogP contribution >= 0.6 is 15.9 Å². The van der Waals surface area contributed by atoms with Crippen LogP contribution in [0.25, 0.3) is 0 Å². The monoisotopic (exact) mass is 329 g/mol. The Morgan fingerprint density at radius 1 is 1.37 bits per heavy atom. The van der Waals surface area contributed by atoms with Crippen LogP contribution in [0.5, 0.6) is 11.5 Å². The molecular formula is C14H20BrNO3. The quantitative estimate of drug-likeness (QED) is 0.722. The summed E-state index contributed by atoms with van der Waals surface area (Å²) in [7, 11) is 3.40. The molecule has 0 aliphatic rings. The summed E-state index contributed by atoms with van der Waals surface area (Å²) >= 11 is 3.16. The molecule has 0 radical (unpaired) electrons. The van der Waals surface area contributed by atoms with Gasteiger partial charge in [-0.05, 0) is 24.1 Å². The van der Waals surface area contributed by atoms with E-state index in [-0.39, 0.29) is 5.91 Å². The number of alkyl halides is 1. The van der Waals surface area contributed by atoms with E-state index in [0.717, 1.165) is 17.7 Å². The predicted molar refractivity (Wildman–Crippen MR) is 79.0 cm³/mol. The van der Waals surface area contributed by atoms with Crippen LogP contribution in [0.3, 0.4) is 0 Å². The van der Waals surface area contributed by atoms with Crippen molar-refractivity contribution in [2.45, 2.75) is 19.9 Å². The lowest BCUT2D eigenvalue weighted by molar-refractivity contribution is -0.127. The van der Waals surface area contributed by atoms with Gasteiger partial charge >= 0.3 is 0 Å². The minimum atomic E-state index is 0.0480. The molecule has 1 rings (SSSR count). The lowest BCUT2D eigenvalue weighted by Gasteiger charge is -2.17. The van der Waals surface area contributed by atoms with Crippen molar-refractivity contribution >= 4 is 21.8 Å². The zero-order valence-corrected chi connectivity index (χ0v) is 13.2. The van der Waals surface area contributed by atoms with Crippen LogP contribution < -0.4 is 9.47 Å². The minimum Gasteiger partial charge on any atom is -0.493 e. The maximum absolute atomic E-state index is 11.5.